The molecule has 7 unspecified atom stereocenters. The first-order chi connectivity index (χ1) is 20.4. The van der Waals surface area contributed by atoms with E-state index in [-0.39, 0.29) is 29.4 Å². The van der Waals surface area contributed by atoms with E-state index in [0.717, 1.165) is 18.8 Å². The van der Waals surface area contributed by atoms with Crippen LogP contribution in [0.3, 0.4) is 0 Å². The molecule has 0 aromatic carbocycles. The molecule has 1 aliphatic rings. The van der Waals surface area contributed by atoms with E-state index in [1.54, 1.807) is 6.92 Å². The van der Waals surface area contributed by atoms with Gasteiger partial charge in [0.1, 0.15) is 12.3 Å². The van der Waals surface area contributed by atoms with Crippen LogP contribution in [-0.4, -0.2) is 72.1 Å². The summed E-state index contributed by atoms with van der Waals surface area (Å²) < 4.78 is 10.2. The lowest BCUT2D eigenvalue weighted by atomic mass is 9.83. The second kappa shape index (κ2) is 37.1. The Hall–Kier alpha value is -1.13. The Morgan fingerprint density at radius 3 is 1.88 bits per heavy atom. The van der Waals surface area contributed by atoms with Crippen LogP contribution in [0.15, 0.2) is 17.3 Å². The maximum absolute atomic E-state index is 10.8. The number of aldehydes is 1. The van der Waals surface area contributed by atoms with Crippen LogP contribution in [0.5, 0.6) is 0 Å². The summed E-state index contributed by atoms with van der Waals surface area (Å²) >= 11 is 4.13. The summed E-state index contributed by atoms with van der Waals surface area (Å²) in [4.78, 5) is 21.4. The van der Waals surface area contributed by atoms with E-state index in [9.17, 15) is 19.9 Å². The van der Waals surface area contributed by atoms with E-state index in [1.807, 2.05) is 81.4 Å². The number of nitroso groups, excluding NO2 is 1. The Bertz CT molecular complexity index is 626. The zero-order valence-corrected chi connectivity index (χ0v) is 31.2. The topological polar surface area (TPSA) is 129 Å². The Morgan fingerprint density at radius 2 is 1.53 bits per heavy atom. The molecule has 9 atom stereocenters. The molecule has 0 amide bonds. The molecule has 0 bridgehead atoms. The minimum Gasteiger partial charge on any atom is -0.393 e. The molecule has 3 N–H and O–H groups in total. The smallest absolute Gasteiger partial charge is 0.141 e. The number of carbonyl (C=O) groups is 1. The molecule has 1 fully saturated rings. The maximum atomic E-state index is 10.8. The molecule has 1 heterocycles. The number of hydrogen-bond acceptors (Lipinski definition) is 9. The highest BCUT2D eigenvalue weighted by Crippen LogP contribution is 2.23. The number of ether oxygens (including phenoxy) is 2. The minimum atomic E-state index is -1.10. The maximum Gasteiger partial charge on any atom is 0.141 e. The van der Waals surface area contributed by atoms with E-state index in [4.69, 9.17) is 14.9 Å². The third-order valence-electron chi connectivity index (χ3n) is 6.58. The zero-order valence-electron chi connectivity index (χ0n) is 30.3. The Labute approximate surface area is 272 Å². The lowest BCUT2D eigenvalue weighted by Gasteiger charge is -2.27. The van der Waals surface area contributed by atoms with Gasteiger partial charge in [-0.1, -0.05) is 86.6 Å². The number of thiol groups is 1. The molecular weight excluding hydrogens is 564 g/mol. The van der Waals surface area contributed by atoms with Crippen molar-refractivity contribution in [3.8, 4) is 0 Å². The zero-order chi connectivity index (χ0) is 35.0. The van der Waals surface area contributed by atoms with Gasteiger partial charge in [-0.15, -0.1) is 0 Å². The van der Waals surface area contributed by atoms with Crippen LogP contribution >= 0.6 is 12.6 Å². The number of nitrogens with zero attached hydrogens (tertiary/aromatic N) is 1. The van der Waals surface area contributed by atoms with Crippen molar-refractivity contribution >= 4 is 24.6 Å². The van der Waals surface area contributed by atoms with Crippen LogP contribution in [0.4, 0.5) is 0 Å². The second-order valence-electron chi connectivity index (χ2n) is 10.4. The quantitative estimate of drug-likeness (QED) is 0.0497. The van der Waals surface area contributed by atoms with E-state index in [2.05, 4.69) is 31.7 Å². The summed E-state index contributed by atoms with van der Waals surface area (Å²) in [5.74, 6) is 0.213. The van der Waals surface area contributed by atoms with Crippen molar-refractivity contribution in [3.05, 3.63) is 17.1 Å². The van der Waals surface area contributed by atoms with E-state index < -0.39 is 24.2 Å². The van der Waals surface area contributed by atoms with Gasteiger partial charge in [0.15, 0.2) is 0 Å². The average molecular weight is 637 g/mol. The molecule has 0 saturated carbocycles. The van der Waals surface area contributed by atoms with Crippen LogP contribution in [-0.2, 0) is 14.3 Å². The molecule has 43 heavy (non-hydrogen) atoms. The molecule has 0 aromatic rings. The van der Waals surface area contributed by atoms with Gasteiger partial charge >= 0.3 is 0 Å². The fraction of sp³-hybridized carbons (Fsp3) is 0.882. The molecule has 9 heteroatoms. The highest BCUT2D eigenvalue weighted by molar-refractivity contribution is 7.81. The average Bonchev–Trinajstić information content (AvgIpc) is 3.01. The van der Waals surface area contributed by atoms with Crippen molar-refractivity contribution in [3.63, 3.8) is 0 Å². The molecular formula is C34H72N2O6S. The summed E-state index contributed by atoms with van der Waals surface area (Å²) in [5, 5.41) is 31.2. The van der Waals surface area contributed by atoms with Gasteiger partial charge < -0.3 is 29.9 Å². The van der Waals surface area contributed by atoms with Crippen LogP contribution in [0.2, 0.25) is 0 Å². The predicted octanol–water partition coefficient (Wildman–Crippen LogP) is 8.57. The van der Waals surface area contributed by atoms with Crippen LogP contribution in [0.1, 0.15) is 122 Å². The summed E-state index contributed by atoms with van der Waals surface area (Å²) in [6, 6.07) is -0.923. The van der Waals surface area contributed by atoms with Crippen LogP contribution < -0.4 is 0 Å². The highest BCUT2D eigenvalue weighted by atomic mass is 32.1. The summed E-state index contributed by atoms with van der Waals surface area (Å²) in [7, 11) is 1.42. The number of methoxy groups -OCH3 is 1. The summed E-state index contributed by atoms with van der Waals surface area (Å²) in [5.41, 5.74) is 0.268. The lowest BCUT2D eigenvalue weighted by molar-refractivity contribution is -0.107. The fourth-order valence-corrected chi connectivity index (χ4v) is 4.57. The third kappa shape index (κ3) is 30.7. The fourth-order valence-electron chi connectivity index (χ4n) is 4.21. The van der Waals surface area contributed by atoms with Gasteiger partial charge in [0.2, 0.25) is 0 Å². The van der Waals surface area contributed by atoms with E-state index in [0.29, 0.717) is 25.4 Å². The van der Waals surface area contributed by atoms with Gasteiger partial charge in [-0.2, -0.15) is 17.5 Å². The van der Waals surface area contributed by atoms with Crippen molar-refractivity contribution in [2.45, 2.75) is 152 Å². The first-order valence-corrected chi connectivity index (χ1v) is 17.0. The van der Waals surface area contributed by atoms with Crippen molar-refractivity contribution in [2.75, 3.05) is 20.3 Å². The normalized spacial score (nSPS) is 20.3. The minimum absolute atomic E-state index is 0.00155. The number of hydrogen-bond donors (Lipinski definition) is 4. The summed E-state index contributed by atoms with van der Waals surface area (Å²) in [6.45, 7) is 26.8. The number of nitrogens with one attached hydrogen (secondary N) is 1. The number of allylic oxidation sites excluding steroid dienone is 2. The Morgan fingerprint density at radius 1 is 1.02 bits per heavy atom. The molecule has 0 aliphatic carbocycles. The molecule has 1 saturated heterocycles. The van der Waals surface area contributed by atoms with Crippen molar-refractivity contribution in [1.82, 2.24) is 0 Å². The van der Waals surface area contributed by atoms with Crippen molar-refractivity contribution in [2.24, 2.45) is 28.8 Å². The second-order valence-corrected chi connectivity index (χ2v) is 11.1. The Balaban J connectivity index is -0.000000217. The van der Waals surface area contributed by atoms with E-state index >= 15 is 0 Å². The summed E-state index contributed by atoms with van der Waals surface area (Å²) in [6.07, 6.45) is 7.58. The van der Waals surface area contributed by atoms with Gasteiger partial charge in [-0.3, -0.25) is 0 Å². The van der Waals surface area contributed by atoms with Crippen LogP contribution in [0.25, 0.3) is 0 Å². The first-order valence-electron chi connectivity index (χ1n) is 16.5. The van der Waals surface area contributed by atoms with Gasteiger partial charge in [0, 0.05) is 25.3 Å². The number of rotatable bonds is 14. The first kappa shape index (κ1) is 51.4. The van der Waals surface area contributed by atoms with Gasteiger partial charge in [0.05, 0.1) is 30.2 Å². The van der Waals surface area contributed by atoms with Gasteiger partial charge in [-0.25, -0.2) is 0 Å². The molecule has 0 aromatic heterocycles. The lowest BCUT2D eigenvalue weighted by Crippen LogP contribution is -2.39. The Kier molecular flexibility index (Phi) is 44.3. The molecule has 260 valence electrons. The van der Waals surface area contributed by atoms with Crippen LogP contribution in [0, 0.1) is 34.0 Å². The molecule has 0 spiro atoms. The van der Waals surface area contributed by atoms with Crippen molar-refractivity contribution < 1.29 is 24.5 Å². The number of aliphatic hydroxyl groups excluding tert-OH is 2. The van der Waals surface area contributed by atoms with Gasteiger partial charge in [0.25, 0.3) is 0 Å². The molecule has 8 nitrogen and oxygen atoms in total. The predicted molar refractivity (Wildman–Crippen MR) is 190 cm³/mol. The molecule has 0 radical (unpaired) electrons. The van der Waals surface area contributed by atoms with Gasteiger partial charge in [-0.05, 0) is 70.6 Å². The SMILES string of the molecule is CC.CC.CC.CC1CCOC(C)C1.CC=CC.COCC(N=O)C(O)C(C)C(=N)[C@H](C)CC(O)C[C@@H](C)CC(S)C=O. The van der Waals surface area contributed by atoms with Crippen molar-refractivity contribution in [1.29, 1.82) is 5.41 Å². The molecule has 1 rings (SSSR count). The monoisotopic (exact) mass is 637 g/mol. The number of carbonyl (C=O) groups excluding carboxylic acids is 1. The third-order valence-corrected chi connectivity index (χ3v) is 6.92. The molecule has 1 aliphatic heterocycles. The highest BCUT2D eigenvalue weighted by Gasteiger charge is 2.31. The van der Waals surface area contributed by atoms with E-state index in [1.165, 1.54) is 20.0 Å². The standard InChI is InChI=1S/C17H32N2O5S.C7H14O.C4H8.3C2H6/c1-10(6-14(25)8-20)5-13(21)7-11(2)16(18)12(3)17(22)15(19-23)9-24-4;1-6-3-4-8-7(2)5-6;1-3-4-2;3*1-2/h8,10-15,17-18,21-22,25H,5-7,9H2,1-4H3;6-7H,3-5H2,1-2H3;3-4H,1-2H3;3*1-2H3/t10-,11-,12?,13?,14?,15?,17?;;;;;/m1...../s1. The number of aliphatic hydroxyl groups is 2. The largest absolute Gasteiger partial charge is 0.393 e.